The first-order valence-electron chi connectivity index (χ1n) is 11.8. The summed E-state index contributed by atoms with van der Waals surface area (Å²) in [6.07, 6.45) is 3.28. The van der Waals surface area contributed by atoms with Crippen molar-refractivity contribution in [2.75, 3.05) is 16.6 Å². The summed E-state index contributed by atoms with van der Waals surface area (Å²) in [7, 11) is -4.11. The molecule has 1 fully saturated rings. The van der Waals surface area contributed by atoms with Gasteiger partial charge in [0.25, 0.3) is 5.91 Å². The van der Waals surface area contributed by atoms with Crippen LogP contribution in [0.5, 0.6) is 0 Å². The molecule has 1 aliphatic carbocycles. The maximum absolute atomic E-state index is 15.4. The van der Waals surface area contributed by atoms with Crippen molar-refractivity contribution in [2.24, 2.45) is 0 Å². The molecular formula is C25H23F4IN6O3S. The number of nitrogens with one attached hydrogen (secondary N) is 5. The van der Waals surface area contributed by atoms with E-state index in [1.165, 1.54) is 18.2 Å². The lowest BCUT2D eigenvalue weighted by Gasteiger charge is -2.17. The van der Waals surface area contributed by atoms with Gasteiger partial charge in [0.2, 0.25) is 0 Å². The van der Waals surface area contributed by atoms with Crippen LogP contribution in [0.3, 0.4) is 0 Å². The highest BCUT2D eigenvalue weighted by Gasteiger charge is 2.28. The number of pyridine rings is 1. The van der Waals surface area contributed by atoms with Crippen molar-refractivity contribution in [1.82, 2.24) is 20.6 Å². The second-order valence-electron chi connectivity index (χ2n) is 8.77. The fourth-order valence-electron chi connectivity index (χ4n) is 3.58. The van der Waals surface area contributed by atoms with E-state index in [0.29, 0.717) is 16.4 Å². The molecule has 5 N–H and O–H groups in total. The Morgan fingerprint density at radius 3 is 2.50 bits per heavy atom. The first kappa shape index (κ1) is 29.7. The molecule has 4 rings (SSSR count). The zero-order chi connectivity index (χ0) is 29.0. The first-order valence-corrected chi connectivity index (χ1v) is 14.4. The summed E-state index contributed by atoms with van der Waals surface area (Å²) in [5.41, 5.74) is 2.92. The van der Waals surface area contributed by atoms with Crippen LogP contribution in [0.2, 0.25) is 0 Å². The molecule has 40 heavy (non-hydrogen) atoms. The minimum atomic E-state index is -4.11. The molecule has 0 atom stereocenters. The summed E-state index contributed by atoms with van der Waals surface area (Å²) in [4.78, 5) is 16.6. The van der Waals surface area contributed by atoms with Gasteiger partial charge in [0, 0.05) is 28.8 Å². The van der Waals surface area contributed by atoms with Gasteiger partial charge in [0.05, 0.1) is 16.9 Å². The molecular weight excluding hydrogens is 667 g/mol. The van der Waals surface area contributed by atoms with Gasteiger partial charge in [-0.3, -0.25) is 14.9 Å². The minimum Gasteiger partial charge on any atom is -0.350 e. The predicted octanol–water partition coefficient (Wildman–Crippen LogP) is 4.41. The van der Waals surface area contributed by atoms with Crippen LogP contribution in [0.25, 0.3) is 0 Å². The van der Waals surface area contributed by atoms with Crippen LogP contribution in [-0.4, -0.2) is 31.9 Å². The van der Waals surface area contributed by atoms with E-state index in [1.54, 1.807) is 0 Å². The molecule has 0 radical (unpaired) electrons. The van der Waals surface area contributed by atoms with Gasteiger partial charge in [0.1, 0.15) is 5.82 Å². The SMILES string of the molecule is C=CCNNC(=O)c1cc(Cc2ccnc(NS(=O)(=O)NC3CC3)c2F)c(F)c(F)c1Nc1ccc(I)cc1F. The Kier molecular flexibility index (Phi) is 9.27. The zero-order valence-electron chi connectivity index (χ0n) is 20.6. The molecule has 2 aromatic carbocycles. The van der Waals surface area contributed by atoms with Crippen LogP contribution >= 0.6 is 22.6 Å². The van der Waals surface area contributed by atoms with Gasteiger partial charge in [-0.15, -0.1) is 6.58 Å². The van der Waals surface area contributed by atoms with Crippen LogP contribution in [0.15, 0.2) is 49.2 Å². The molecule has 0 unspecified atom stereocenters. The van der Waals surface area contributed by atoms with Gasteiger partial charge in [0.15, 0.2) is 23.3 Å². The second-order valence-corrected chi connectivity index (χ2v) is 11.5. The van der Waals surface area contributed by atoms with E-state index in [4.69, 9.17) is 0 Å². The summed E-state index contributed by atoms with van der Waals surface area (Å²) in [6, 6.07) is 5.90. The van der Waals surface area contributed by atoms with Gasteiger partial charge >= 0.3 is 10.2 Å². The lowest BCUT2D eigenvalue weighted by atomic mass is 9.99. The number of carbonyl (C=O) groups excluding carboxylic acids is 1. The molecule has 15 heteroatoms. The maximum Gasteiger partial charge on any atom is 0.300 e. The average molecular weight is 690 g/mol. The van der Waals surface area contributed by atoms with Crippen LogP contribution in [0, 0.1) is 26.8 Å². The second kappa shape index (κ2) is 12.5. The van der Waals surface area contributed by atoms with E-state index >= 15 is 13.2 Å². The van der Waals surface area contributed by atoms with Crippen LogP contribution < -0.4 is 25.6 Å². The fraction of sp³-hybridized carbons (Fsp3) is 0.200. The topological polar surface area (TPSA) is 124 Å². The number of hydrazine groups is 1. The molecule has 0 spiro atoms. The third-order valence-electron chi connectivity index (χ3n) is 5.65. The standard InChI is InChI=1S/C25H23F4IN6O3S/c1-2-8-32-34-25(37)17-11-14(20(27)22(29)23(17)33-19-6-3-15(30)12-18(19)26)10-13-7-9-31-24(21(13)28)36-40(38,39)35-16-4-5-16/h2-3,6-7,9,11-12,16,32-33,35H,1,4-5,8,10H2,(H,31,36)(H,34,37). The average Bonchev–Trinajstić information content (AvgIpc) is 3.70. The van der Waals surface area contributed by atoms with Crippen LogP contribution in [-0.2, 0) is 16.6 Å². The number of halogens is 5. The Bertz CT molecular complexity index is 1570. The van der Waals surface area contributed by atoms with Crippen molar-refractivity contribution in [3.05, 3.63) is 92.7 Å². The van der Waals surface area contributed by atoms with Gasteiger partial charge in [-0.05, 0) is 76.9 Å². The Balaban J connectivity index is 1.70. The molecule has 1 aromatic heterocycles. The minimum absolute atomic E-state index is 0.146. The van der Waals surface area contributed by atoms with E-state index in [0.717, 1.165) is 24.4 Å². The largest absolute Gasteiger partial charge is 0.350 e. The molecule has 1 saturated carbocycles. The van der Waals surface area contributed by atoms with Crippen LogP contribution in [0.4, 0.5) is 34.8 Å². The highest BCUT2D eigenvalue weighted by atomic mass is 127. The number of benzene rings is 2. The molecule has 1 aliphatic rings. The smallest absolute Gasteiger partial charge is 0.300 e. The highest BCUT2D eigenvalue weighted by molar-refractivity contribution is 14.1. The number of aromatic nitrogens is 1. The fourth-order valence-corrected chi connectivity index (χ4v) is 5.16. The van der Waals surface area contributed by atoms with Crippen molar-refractivity contribution in [1.29, 1.82) is 0 Å². The highest BCUT2D eigenvalue weighted by Crippen LogP contribution is 2.32. The van der Waals surface area contributed by atoms with Crippen molar-refractivity contribution in [3.8, 4) is 0 Å². The molecule has 1 heterocycles. The van der Waals surface area contributed by atoms with E-state index < -0.39 is 68.4 Å². The predicted molar refractivity (Wildman–Crippen MR) is 150 cm³/mol. The Labute approximate surface area is 241 Å². The van der Waals surface area contributed by atoms with E-state index in [-0.39, 0.29) is 23.8 Å². The summed E-state index contributed by atoms with van der Waals surface area (Å²) in [5.74, 6) is -6.33. The van der Waals surface area contributed by atoms with Gasteiger partial charge in [-0.1, -0.05) is 6.08 Å². The first-order chi connectivity index (χ1) is 19.0. The van der Waals surface area contributed by atoms with Gasteiger partial charge in [-0.25, -0.2) is 28.0 Å². The number of rotatable bonds is 12. The lowest BCUT2D eigenvalue weighted by Crippen LogP contribution is -2.37. The summed E-state index contributed by atoms with van der Waals surface area (Å²) >= 11 is 1.88. The normalized spacial score (nSPS) is 13.1. The maximum atomic E-state index is 15.4. The molecule has 0 bridgehead atoms. The number of amides is 1. The van der Waals surface area contributed by atoms with Crippen molar-refractivity contribution in [2.45, 2.75) is 25.3 Å². The monoisotopic (exact) mass is 690 g/mol. The van der Waals surface area contributed by atoms with Crippen LogP contribution in [0.1, 0.15) is 34.3 Å². The van der Waals surface area contributed by atoms with Gasteiger partial charge in [-0.2, -0.15) is 13.1 Å². The Morgan fingerprint density at radius 1 is 1.07 bits per heavy atom. The summed E-state index contributed by atoms with van der Waals surface area (Å²) in [5, 5.41) is 2.44. The van der Waals surface area contributed by atoms with Crippen molar-refractivity contribution < 1.29 is 30.8 Å². The third kappa shape index (κ3) is 7.26. The number of hydrogen-bond acceptors (Lipinski definition) is 6. The number of nitrogens with zero attached hydrogens (tertiary/aromatic N) is 1. The van der Waals surface area contributed by atoms with Crippen molar-refractivity contribution in [3.63, 3.8) is 0 Å². The molecule has 3 aromatic rings. The molecule has 9 nitrogen and oxygen atoms in total. The Morgan fingerprint density at radius 2 is 1.82 bits per heavy atom. The quantitative estimate of drug-likeness (QED) is 0.0632. The number of anilines is 3. The molecule has 0 saturated heterocycles. The molecule has 1 amide bonds. The van der Waals surface area contributed by atoms with E-state index in [1.807, 2.05) is 27.3 Å². The third-order valence-corrected chi connectivity index (χ3v) is 7.42. The number of carbonyl (C=O) groups is 1. The molecule has 0 aliphatic heterocycles. The van der Waals surface area contributed by atoms with Gasteiger partial charge < -0.3 is 5.32 Å². The lowest BCUT2D eigenvalue weighted by molar-refractivity contribution is 0.0935. The zero-order valence-corrected chi connectivity index (χ0v) is 23.6. The van der Waals surface area contributed by atoms with Crippen molar-refractivity contribution >= 4 is 55.9 Å². The number of hydrogen-bond donors (Lipinski definition) is 5. The van der Waals surface area contributed by atoms with E-state index in [2.05, 4.69) is 32.5 Å². The molecule has 212 valence electrons. The van der Waals surface area contributed by atoms with E-state index in [9.17, 15) is 17.6 Å². The summed E-state index contributed by atoms with van der Waals surface area (Å²) in [6.45, 7) is 3.64. The Hall–Kier alpha value is -3.28. The summed E-state index contributed by atoms with van der Waals surface area (Å²) < 4.78 is 89.7.